The van der Waals surface area contributed by atoms with Crippen LogP contribution in [0.3, 0.4) is 0 Å². The number of anilines is 1. The number of rotatable bonds is 7. The summed E-state index contributed by atoms with van der Waals surface area (Å²) in [5.74, 6) is 0.443. The van der Waals surface area contributed by atoms with Gasteiger partial charge in [-0.15, -0.1) is 0 Å². The van der Waals surface area contributed by atoms with Crippen molar-refractivity contribution in [3.63, 3.8) is 0 Å². The van der Waals surface area contributed by atoms with Gasteiger partial charge < -0.3 is 10.1 Å². The Hall–Kier alpha value is -2.52. The Morgan fingerprint density at radius 2 is 2.00 bits per heavy atom. The van der Waals surface area contributed by atoms with Gasteiger partial charge in [0.15, 0.2) is 5.11 Å². The molecule has 1 amide bonds. The van der Waals surface area contributed by atoms with Crippen molar-refractivity contribution in [1.82, 2.24) is 5.32 Å². The lowest BCUT2D eigenvalue weighted by atomic mass is 10.1. The average Bonchev–Trinajstić information content (AvgIpc) is 2.62. The summed E-state index contributed by atoms with van der Waals surface area (Å²) in [6, 6.07) is 11.2. The van der Waals surface area contributed by atoms with Crippen LogP contribution in [-0.4, -0.2) is 22.5 Å². The molecule has 0 aromatic heterocycles. The minimum Gasteiger partial charge on any atom is -0.493 e. The Labute approximate surface area is 176 Å². The maximum Gasteiger partial charge on any atom is 0.292 e. The van der Waals surface area contributed by atoms with Crippen molar-refractivity contribution in [3.05, 3.63) is 62.6 Å². The van der Waals surface area contributed by atoms with E-state index in [0.29, 0.717) is 28.3 Å². The summed E-state index contributed by atoms with van der Waals surface area (Å²) in [4.78, 5) is 23.2. The summed E-state index contributed by atoms with van der Waals surface area (Å²) in [5, 5.41) is 16.3. The molecule has 0 aliphatic heterocycles. The van der Waals surface area contributed by atoms with E-state index in [1.165, 1.54) is 12.1 Å². The first-order chi connectivity index (χ1) is 13.3. The van der Waals surface area contributed by atoms with Gasteiger partial charge in [0.05, 0.1) is 17.1 Å². The number of para-hydroxylation sites is 2. The van der Waals surface area contributed by atoms with Crippen LogP contribution in [0.5, 0.6) is 5.75 Å². The molecule has 9 heteroatoms. The molecule has 0 unspecified atom stereocenters. The fourth-order valence-corrected chi connectivity index (χ4v) is 2.84. The van der Waals surface area contributed by atoms with Crippen molar-refractivity contribution in [3.8, 4) is 5.75 Å². The monoisotopic (exact) mass is 465 g/mol. The Morgan fingerprint density at radius 3 is 2.68 bits per heavy atom. The minimum absolute atomic E-state index is 0.0487. The lowest BCUT2D eigenvalue weighted by Crippen LogP contribution is -2.34. The van der Waals surface area contributed by atoms with Crippen LogP contribution in [0, 0.1) is 16.0 Å². The van der Waals surface area contributed by atoms with Gasteiger partial charge in [0.1, 0.15) is 11.4 Å². The van der Waals surface area contributed by atoms with E-state index in [1.807, 2.05) is 0 Å². The summed E-state index contributed by atoms with van der Waals surface area (Å²) in [5.41, 5.74) is 0.365. The van der Waals surface area contributed by atoms with Crippen molar-refractivity contribution in [2.75, 3.05) is 11.9 Å². The molecule has 0 atom stereocenters. The van der Waals surface area contributed by atoms with E-state index < -0.39 is 10.8 Å². The number of nitrogens with zero attached hydrogens (tertiary/aromatic N) is 1. The van der Waals surface area contributed by atoms with Crippen molar-refractivity contribution in [2.24, 2.45) is 5.92 Å². The van der Waals surface area contributed by atoms with Gasteiger partial charge >= 0.3 is 0 Å². The fourth-order valence-electron chi connectivity index (χ4n) is 2.27. The predicted molar refractivity (Wildman–Crippen MR) is 116 cm³/mol. The third-order valence-corrected chi connectivity index (χ3v) is 4.41. The van der Waals surface area contributed by atoms with Crippen LogP contribution in [0.4, 0.5) is 11.4 Å². The Kier molecular flexibility index (Phi) is 7.89. The van der Waals surface area contributed by atoms with Crippen molar-refractivity contribution >= 4 is 50.5 Å². The van der Waals surface area contributed by atoms with Crippen LogP contribution in [0.2, 0.25) is 0 Å². The topological polar surface area (TPSA) is 93.5 Å². The number of halogens is 1. The standard InChI is InChI=1S/C19H20BrN3O4S/c1-12(2)9-10-27-17-8-7-13(20)11-14(17)18(24)22-19(28)21-15-5-3-4-6-16(15)23(25)26/h3-8,11-12H,9-10H2,1-2H3,(H2,21,22,24,28). The zero-order valence-corrected chi connectivity index (χ0v) is 17.8. The van der Waals surface area contributed by atoms with E-state index >= 15 is 0 Å². The molecule has 0 saturated carbocycles. The van der Waals surface area contributed by atoms with E-state index in [2.05, 4.69) is 40.4 Å². The molecule has 0 radical (unpaired) electrons. The number of thiocarbonyl (C=S) groups is 1. The summed E-state index contributed by atoms with van der Waals surface area (Å²) in [6.45, 7) is 4.66. The fraction of sp³-hybridized carbons (Fsp3) is 0.263. The van der Waals surface area contributed by atoms with Gasteiger partial charge in [0.25, 0.3) is 11.6 Å². The van der Waals surface area contributed by atoms with Gasteiger partial charge in [-0.3, -0.25) is 20.2 Å². The zero-order valence-electron chi connectivity index (χ0n) is 15.4. The number of hydrogen-bond donors (Lipinski definition) is 2. The maximum atomic E-state index is 12.7. The number of nitro groups is 1. The van der Waals surface area contributed by atoms with Crippen LogP contribution in [0.25, 0.3) is 0 Å². The second kappa shape index (κ2) is 10.1. The number of carbonyl (C=O) groups excluding carboxylic acids is 1. The number of nitrogens with one attached hydrogen (secondary N) is 2. The molecular weight excluding hydrogens is 446 g/mol. The van der Waals surface area contributed by atoms with Crippen LogP contribution in [0.15, 0.2) is 46.9 Å². The third kappa shape index (κ3) is 6.28. The zero-order chi connectivity index (χ0) is 20.7. The van der Waals surface area contributed by atoms with Crippen LogP contribution >= 0.6 is 28.1 Å². The number of benzene rings is 2. The number of ether oxygens (including phenoxy) is 1. The number of amides is 1. The maximum absolute atomic E-state index is 12.7. The number of carbonyl (C=O) groups is 1. The van der Waals surface area contributed by atoms with Crippen molar-refractivity contribution in [2.45, 2.75) is 20.3 Å². The summed E-state index contributed by atoms with van der Waals surface area (Å²) >= 11 is 8.48. The first-order valence-corrected chi connectivity index (χ1v) is 9.76. The smallest absolute Gasteiger partial charge is 0.292 e. The van der Waals surface area contributed by atoms with Gasteiger partial charge in [-0.1, -0.05) is 41.9 Å². The molecule has 0 aliphatic carbocycles. The lowest BCUT2D eigenvalue weighted by Gasteiger charge is -2.14. The second-order valence-electron chi connectivity index (χ2n) is 6.35. The van der Waals surface area contributed by atoms with Gasteiger partial charge in [-0.2, -0.15) is 0 Å². The van der Waals surface area contributed by atoms with E-state index in [9.17, 15) is 14.9 Å². The van der Waals surface area contributed by atoms with Gasteiger partial charge in [-0.05, 0) is 48.8 Å². The predicted octanol–water partition coefficient (Wildman–Crippen LogP) is 4.91. The van der Waals surface area contributed by atoms with Crippen molar-refractivity contribution in [1.29, 1.82) is 0 Å². The van der Waals surface area contributed by atoms with E-state index in [4.69, 9.17) is 17.0 Å². The SMILES string of the molecule is CC(C)CCOc1ccc(Br)cc1C(=O)NC(=S)Nc1ccccc1[N+](=O)[O-]. The summed E-state index contributed by atoms with van der Waals surface area (Å²) < 4.78 is 6.45. The first-order valence-electron chi connectivity index (χ1n) is 8.56. The molecule has 0 aliphatic rings. The molecular formula is C19H20BrN3O4S. The summed E-state index contributed by atoms with van der Waals surface area (Å²) in [6.07, 6.45) is 0.856. The quantitative estimate of drug-likeness (QED) is 0.342. The van der Waals surface area contributed by atoms with Gasteiger partial charge in [0.2, 0.25) is 0 Å². The Morgan fingerprint density at radius 1 is 1.29 bits per heavy atom. The molecule has 2 rings (SSSR count). The van der Waals surface area contributed by atoms with Crippen LogP contribution in [-0.2, 0) is 0 Å². The minimum atomic E-state index is -0.526. The number of hydrogen-bond acceptors (Lipinski definition) is 5. The normalized spacial score (nSPS) is 10.4. The van der Waals surface area contributed by atoms with E-state index in [0.717, 1.165) is 6.42 Å². The highest BCUT2D eigenvalue weighted by molar-refractivity contribution is 9.10. The molecule has 7 nitrogen and oxygen atoms in total. The highest BCUT2D eigenvalue weighted by atomic mass is 79.9. The van der Waals surface area contributed by atoms with Crippen molar-refractivity contribution < 1.29 is 14.5 Å². The molecule has 2 aromatic rings. The molecule has 0 bridgehead atoms. The molecule has 0 spiro atoms. The molecule has 28 heavy (non-hydrogen) atoms. The van der Waals surface area contributed by atoms with Crippen LogP contribution < -0.4 is 15.4 Å². The average molecular weight is 466 g/mol. The highest BCUT2D eigenvalue weighted by Crippen LogP contribution is 2.25. The highest BCUT2D eigenvalue weighted by Gasteiger charge is 2.17. The third-order valence-electron chi connectivity index (χ3n) is 3.72. The molecule has 2 aromatic carbocycles. The first kappa shape index (κ1) is 21.8. The van der Waals surface area contributed by atoms with Gasteiger partial charge in [-0.25, -0.2) is 0 Å². The molecule has 0 heterocycles. The van der Waals surface area contributed by atoms with Crippen LogP contribution in [0.1, 0.15) is 30.6 Å². The molecule has 0 saturated heterocycles. The Balaban J connectivity index is 2.11. The van der Waals surface area contributed by atoms with E-state index in [-0.39, 0.29) is 16.5 Å². The van der Waals surface area contributed by atoms with E-state index in [1.54, 1.807) is 30.3 Å². The molecule has 148 valence electrons. The molecule has 0 fully saturated rings. The summed E-state index contributed by atoms with van der Waals surface area (Å²) in [7, 11) is 0. The number of nitro benzene ring substituents is 1. The second-order valence-corrected chi connectivity index (χ2v) is 7.68. The molecule has 2 N–H and O–H groups in total. The van der Waals surface area contributed by atoms with Gasteiger partial charge in [0, 0.05) is 10.5 Å². The largest absolute Gasteiger partial charge is 0.493 e. The Bertz CT molecular complexity index is 889. The lowest BCUT2D eigenvalue weighted by molar-refractivity contribution is -0.383.